The van der Waals surface area contributed by atoms with Gasteiger partial charge in [-0.1, -0.05) is 18.2 Å². The van der Waals surface area contributed by atoms with Gasteiger partial charge in [-0.3, -0.25) is 0 Å². The molecular formula is C10H7F3OS. The number of halogens is 3. The van der Waals surface area contributed by atoms with Crippen LogP contribution in [0.25, 0.3) is 10.1 Å². The zero-order valence-electron chi connectivity index (χ0n) is 7.45. The monoisotopic (exact) mass is 232 g/mol. The van der Waals surface area contributed by atoms with E-state index in [9.17, 15) is 13.2 Å². The van der Waals surface area contributed by atoms with E-state index in [4.69, 9.17) is 5.11 Å². The molecule has 2 aromatic rings. The van der Waals surface area contributed by atoms with E-state index in [2.05, 4.69) is 0 Å². The first-order valence-corrected chi connectivity index (χ1v) is 5.09. The first kappa shape index (κ1) is 10.4. The number of fused-ring (bicyclic) bond motifs is 1. The highest BCUT2D eigenvalue weighted by atomic mass is 32.1. The molecule has 1 heterocycles. The summed E-state index contributed by atoms with van der Waals surface area (Å²) in [6, 6.07) is 6.27. The Bertz CT molecular complexity index is 475. The summed E-state index contributed by atoms with van der Waals surface area (Å²) < 4.78 is 37.5. The number of hydrogen-bond acceptors (Lipinski definition) is 2. The van der Waals surface area contributed by atoms with Crippen molar-refractivity contribution in [2.75, 3.05) is 0 Å². The minimum atomic E-state index is -4.61. The van der Waals surface area contributed by atoms with Crippen LogP contribution in [0.1, 0.15) is 11.7 Å². The zero-order valence-corrected chi connectivity index (χ0v) is 8.27. The van der Waals surface area contributed by atoms with Crippen molar-refractivity contribution < 1.29 is 18.3 Å². The third-order valence-electron chi connectivity index (χ3n) is 2.11. The van der Waals surface area contributed by atoms with Crippen LogP contribution in [-0.4, -0.2) is 11.3 Å². The Hall–Kier alpha value is -1.07. The van der Waals surface area contributed by atoms with Gasteiger partial charge in [0, 0.05) is 10.3 Å². The van der Waals surface area contributed by atoms with Crippen molar-refractivity contribution in [1.29, 1.82) is 0 Å². The number of alkyl halides is 3. The summed E-state index contributed by atoms with van der Waals surface area (Å²) in [5.41, 5.74) is -0.0741. The Morgan fingerprint density at radius 2 is 1.93 bits per heavy atom. The Morgan fingerprint density at radius 1 is 1.20 bits per heavy atom. The van der Waals surface area contributed by atoms with Crippen LogP contribution in [0, 0.1) is 0 Å². The molecule has 0 fully saturated rings. The SMILES string of the molecule is O[C@H](c1cccc2ccsc12)C(F)(F)F. The molecule has 80 valence electrons. The fraction of sp³-hybridized carbons (Fsp3) is 0.200. The standard InChI is InChI=1S/C10H7F3OS/c11-10(12,13)9(14)7-3-1-2-6-4-5-15-8(6)7/h1-5,9,14H/t9-/m1/s1. The van der Waals surface area contributed by atoms with Gasteiger partial charge in [0.15, 0.2) is 6.10 Å². The lowest BCUT2D eigenvalue weighted by atomic mass is 10.1. The third kappa shape index (κ3) is 1.85. The molecule has 0 spiro atoms. The van der Waals surface area contributed by atoms with E-state index in [-0.39, 0.29) is 5.56 Å². The second-order valence-corrected chi connectivity index (χ2v) is 4.05. The molecule has 0 radical (unpaired) electrons. The van der Waals surface area contributed by atoms with Crippen molar-refractivity contribution in [3.63, 3.8) is 0 Å². The molecule has 0 saturated carbocycles. The van der Waals surface area contributed by atoms with E-state index in [0.717, 1.165) is 5.39 Å². The van der Waals surface area contributed by atoms with Crippen LogP contribution in [-0.2, 0) is 0 Å². The van der Waals surface area contributed by atoms with Gasteiger partial charge in [-0.15, -0.1) is 11.3 Å². The second kappa shape index (κ2) is 3.50. The minimum Gasteiger partial charge on any atom is -0.379 e. The average molecular weight is 232 g/mol. The number of aliphatic hydroxyl groups is 1. The van der Waals surface area contributed by atoms with Crippen LogP contribution < -0.4 is 0 Å². The van der Waals surface area contributed by atoms with Gasteiger partial charge in [0.05, 0.1) is 0 Å². The van der Waals surface area contributed by atoms with Crippen LogP contribution in [0.15, 0.2) is 29.6 Å². The third-order valence-corrected chi connectivity index (χ3v) is 3.09. The van der Waals surface area contributed by atoms with Crippen molar-refractivity contribution in [1.82, 2.24) is 0 Å². The number of thiophene rings is 1. The van der Waals surface area contributed by atoms with Crippen molar-refractivity contribution in [3.05, 3.63) is 35.2 Å². The number of aliphatic hydroxyl groups excluding tert-OH is 1. The normalized spacial score (nSPS) is 14.4. The van der Waals surface area contributed by atoms with Crippen molar-refractivity contribution in [3.8, 4) is 0 Å². The molecule has 0 amide bonds. The highest BCUT2D eigenvalue weighted by molar-refractivity contribution is 7.17. The fourth-order valence-electron chi connectivity index (χ4n) is 1.41. The number of hydrogen-bond donors (Lipinski definition) is 1. The summed E-state index contributed by atoms with van der Waals surface area (Å²) in [7, 11) is 0. The summed E-state index contributed by atoms with van der Waals surface area (Å²) in [6.45, 7) is 0. The van der Waals surface area contributed by atoms with Gasteiger partial charge < -0.3 is 5.11 Å². The Kier molecular flexibility index (Phi) is 2.44. The molecule has 1 aromatic heterocycles. The minimum absolute atomic E-state index is 0.0741. The van der Waals surface area contributed by atoms with Crippen LogP contribution in [0.2, 0.25) is 0 Å². The first-order valence-electron chi connectivity index (χ1n) is 4.21. The molecule has 5 heteroatoms. The highest BCUT2D eigenvalue weighted by Gasteiger charge is 2.40. The molecular weight excluding hydrogens is 225 g/mol. The lowest BCUT2D eigenvalue weighted by Crippen LogP contribution is -2.20. The van der Waals surface area contributed by atoms with Gasteiger partial charge in [-0.2, -0.15) is 13.2 Å². The summed E-state index contributed by atoms with van der Waals surface area (Å²) >= 11 is 1.20. The predicted octanol–water partition coefficient (Wildman–Crippen LogP) is 3.50. The molecule has 0 aliphatic heterocycles. The molecule has 0 bridgehead atoms. The van der Waals surface area contributed by atoms with E-state index in [1.807, 2.05) is 0 Å². The Labute approximate surface area is 87.8 Å². The van der Waals surface area contributed by atoms with E-state index >= 15 is 0 Å². The van der Waals surface area contributed by atoms with Gasteiger partial charge in [-0.25, -0.2) is 0 Å². The number of benzene rings is 1. The summed E-state index contributed by atoms with van der Waals surface area (Å²) in [6.07, 6.45) is -7.02. The quantitative estimate of drug-likeness (QED) is 0.797. The van der Waals surface area contributed by atoms with E-state index < -0.39 is 12.3 Å². The van der Waals surface area contributed by atoms with Crippen molar-refractivity contribution in [2.24, 2.45) is 0 Å². The van der Waals surface area contributed by atoms with Gasteiger partial charge in [0.25, 0.3) is 0 Å². The maximum Gasteiger partial charge on any atom is 0.418 e. The van der Waals surface area contributed by atoms with Crippen molar-refractivity contribution in [2.45, 2.75) is 12.3 Å². The smallest absolute Gasteiger partial charge is 0.379 e. The van der Waals surface area contributed by atoms with Gasteiger partial charge in [0.1, 0.15) is 0 Å². The zero-order chi connectivity index (χ0) is 11.1. The fourth-order valence-corrected chi connectivity index (χ4v) is 2.35. The molecule has 0 saturated heterocycles. The molecule has 1 atom stereocenters. The first-order chi connectivity index (χ1) is 7.00. The molecule has 1 N–H and O–H groups in total. The van der Waals surface area contributed by atoms with Crippen LogP contribution in [0.3, 0.4) is 0 Å². The maximum atomic E-state index is 12.3. The van der Waals surface area contributed by atoms with Gasteiger partial charge >= 0.3 is 6.18 Å². The topological polar surface area (TPSA) is 20.2 Å². The lowest BCUT2D eigenvalue weighted by Gasteiger charge is -2.15. The molecule has 1 aromatic carbocycles. The highest BCUT2D eigenvalue weighted by Crippen LogP contribution is 2.37. The number of rotatable bonds is 1. The molecule has 15 heavy (non-hydrogen) atoms. The van der Waals surface area contributed by atoms with Gasteiger partial charge in [0.2, 0.25) is 0 Å². The lowest BCUT2D eigenvalue weighted by molar-refractivity contribution is -0.206. The average Bonchev–Trinajstić information content (AvgIpc) is 2.62. The predicted molar refractivity (Wildman–Crippen MR) is 52.8 cm³/mol. The molecule has 1 nitrogen and oxygen atoms in total. The van der Waals surface area contributed by atoms with E-state index in [1.54, 1.807) is 17.5 Å². The molecule has 0 unspecified atom stereocenters. The largest absolute Gasteiger partial charge is 0.418 e. The maximum absolute atomic E-state index is 12.3. The molecule has 0 aliphatic rings. The second-order valence-electron chi connectivity index (χ2n) is 3.13. The van der Waals surface area contributed by atoms with E-state index in [1.165, 1.54) is 23.5 Å². The van der Waals surface area contributed by atoms with Crippen LogP contribution in [0.5, 0.6) is 0 Å². The Balaban J connectivity index is 2.56. The summed E-state index contributed by atoms with van der Waals surface area (Å²) in [5, 5.41) is 11.6. The van der Waals surface area contributed by atoms with Gasteiger partial charge in [-0.05, 0) is 16.8 Å². The van der Waals surface area contributed by atoms with Crippen molar-refractivity contribution >= 4 is 21.4 Å². The molecule has 0 aliphatic carbocycles. The Morgan fingerprint density at radius 3 is 2.60 bits per heavy atom. The van der Waals surface area contributed by atoms with Crippen LogP contribution in [0.4, 0.5) is 13.2 Å². The summed E-state index contributed by atoms with van der Waals surface area (Å²) in [5.74, 6) is 0. The molecule has 2 rings (SSSR count). The van der Waals surface area contributed by atoms with Crippen LogP contribution >= 0.6 is 11.3 Å². The summed E-state index contributed by atoms with van der Waals surface area (Å²) in [4.78, 5) is 0. The van der Waals surface area contributed by atoms with E-state index in [0.29, 0.717) is 4.70 Å².